The van der Waals surface area contributed by atoms with Gasteiger partial charge in [0, 0.05) is 23.2 Å². The summed E-state index contributed by atoms with van der Waals surface area (Å²) < 4.78 is 5.68. The normalized spacial score (nSPS) is 16.4. The quantitative estimate of drug-likeness (QED) is 0.465. The van der Waals surface area contributed by atoms with Gasteiger partial charge in [-0.1, -0.05) is 23.2 Å². The zero-order valence-corrected chi connectivity index (χ0v) is 17.0. The van der Waals surface area contributed by atoms with Crippen LogP contribution in [-0.4, -0.2) is 29.0 Å². The lowest BCUT2D eigenvalue weighted by Crippen LogP contribution is -2.24. The predicted molar refractivity (Wildman–Crippen MR) is 117 cm³/mol. The van der Waals surface area contributed by atoms with Crippen molar-refractivity contribution in [1.29, 1.82) is 0 Å². The molecule has 0 aliphatic carbocycles. The fraction of sp³-hybridized carbons (Fsp3) is 0.227. The van der Waals surface area contributed by atoms with Gasteiger partial charge in [-0.05, 0) is 50.2 Å². The maximum Gasteiger partial charge on any atom is 0.294 e. The standard InChI is InChI=1S/C22H19ClN4O3/c1-11-2-5-17-15(8-11)18-19(30-17)22(29)27-20(26-18)14-4-3-13(9-16(14)23)25-21(28)12-6-7-24-10-12/h2-5,8-9,12,24H,6-7,10H2,1H3,(H,25,28)(H,26,27,29). The van der Waals surface area contributed by atoms with Crippen LogP contribution < -0.4 is 16.2 Å². The van der Waals surface area contributed by atoms with E-state index in [0.29, 0.717) is 39.7 Å². The van der Waals surface area contributed by atoms with Gasteiger partial charge in [0.2, 0.25) is 11.5 Å². The van der Waals surface area contributed by atoms with Gasteiger partial charge in [-0.15, -0.1) is 0 Å². The molecule has 0 bridgehead atoms. The fourth-order valence-electron chi connectivity index (χ4n) is 3.80. The van der Waals surface area contributed by atoms with E-state index in [1.54, 1.807) is 18.2 Å². The number of carbonyl (C=O) groups excluding carboxylic acids is 1. The highest BCUT2D eigenvalue weighted by Gasteiger charge is 2.22. The Morgan fingerprint density at radius 1 is 1.27 bits per heavy atom. The molecule has 2 aromatic carbocycles. The Morgan fingerprint density at radius 3 is 2.90 bits per heavy atom. The lowest BCUT2D eigenvalue weighted by atomic mass is 10.1. The second-order valence-electron chi connectivity index (χ2n) is 7.57. The average Bonchev–Trinajstić information content (AvgIpc) is 3.37. The van der Waals surface area contributed by atoms with Crippen LogP contribution in [0.5, 0.6) is 0 Å². The average molecular weight is 423 g/mol. The molecular weight excluding hydrogens is 404 g/mol. The molecule has 0 radical (unpaired) electrons. The molecule has 0 spiro atoms. The smallest absolute Gasteiger partial charge is 0.294 e. The number of hydrogen-bond donors (Lipinski definition) is 3. The molecule has 30 heavy (non-hydrogen) atoms. The summed E-state index contributed by atoms with van der Waals surface area (Å²) in [6.45, 7) is 3.50. The second kappa shape index (κ2) is 7.27. The highest BCUT2D eigenvalue weighted by molar-refractivity contribution is 6.33. The third-order valence-electron chi connectivity index (χ3n) is 5.40. The monoisotopic (exact) mass is 422 g/mol. The van der Waals surface area contributed by atoms with E-state index in [1.807, 2.05) is 25.1 Å². The van der Waals surface area contributed by atoms with E-state index in [1.165, 1.54) is 0 Å². The molecule has 5 rings (SSSR count). The van der Waals surface area contributed by atoms with Gasteiger partial charge in [0.1, 0.15) is 16.9 Å². The van der Waals surface area contributed by atoms with Crippen LogP contribution in [0.15, 0.2) is 45.6 Å². The summed E-state index contributed by atoms with van der Waals surface area (Å²) in [4.78, 5) is 32.3. The molecule has 1 fully saturated rings. The molecule has 1 aliphatic heterocycles. The number of amides is 1. The zero-order chi connectivity index (χ0) is 20.8. The molecule has 1 aliphatic rings. The number of aryl methyl sites for hydroxylation is 1. The number of anilines is 1. The third kappa shape index (κ3) is 3.26. The van der Waals surface area contributed by atoms with Crippen molar-refractivity contribution in [3.63, 3.8) is 0 Å². The number of halogens is 1. The van der Waals surface area contributed by atoms with Crippen molar-refractivity contribution in [1.82, 2.24) is 15.3 Å². The molecule has 2 aromatic heterocycles. The third-order valence-corrected chi connectivity index (χ3v) is 5.71. The van der Waals surface area contributed by atoms with Crippen LogP contribution in [-0.2, 0) is 4.79 Å². The SMILES string of the molecule is Cc1ccc2oc3c(=O)[nH]c(-c4ccc(NC(=O)C5CCNC5)cc4Cl)nc3c2c1. The minimum atomic E-state index is -0.369. The van der Waals surface area contributed by atoms with E-state index < -0.39 is 0 Å². The number of nitrogens with zero attached hydrogens (tertiary/aromatic N) is 1. The molecule has 3 heterocycles. The highest BCUT2D eigenvalue weighted by Crippen LogP contribution is 2.31. The summed E-state index contributed by atoms with van der Waals surface area (Å²) in [5.74, 6) is 0.276. The van der Waals surface area contributed by atoms with E-state index in [9.17, 15) is 9.59 Å². The first kappa shape index (κ1) is 18.8. The van der Waals surface area contributed by atoms with Gasteiger partial charge in [0.25, 0.3) is 5.56 Å². The minimum absolute atomic E-state index is 0.0306. The number of furan rings is 1. The molecule has 1 atom stereocenters. The molecule has 0 saturated carbocycles. The zero-order valence-electron chi connectivity index (χ0n) is 16.2. The minimum Gasteiger partial charge on any atom is -0.449 e. The molecule has 152 valence electrons. The summed E-state index contributed by atoms with van der Waals surface area (Å²) in [5, 5.41) is 7.24. The van der Waals surface area contributed by atoms with Crippen LogP contribution in [0.2, 0.25) is 5.02 Å². The van der Waals surface area contributed by atoms with Crippen molar-refractivity contribution in [2.45, 2.75) is 13.3 Å². The Bertz CT molecular complexity index is 1350. The van der Waals surface area contributed by atoms with Crippen LogP contribution in [0.25, 0.3) is 33.5 Å². The summed E-state index contributed by atoms with van der Waals surface area (Å²) in [6, 6.07) is 10.8. The van der Waals surface area contributed by atoms with Gasteiger partial charge >= 0.3 is 0 Å². The number of rotatable bonds is 3. The van der Waals surface area contributed by atoms with Crippen molar-refractivity contribution in [3.05, 3.63) is 57.3 Å². The van der Waals surface area contributed by atoms with Crippen molar-refractivity contribution in [3.8, 4) is 11.4 Å². The van der Waals surface area contributed by atoms with E-state index >= 15 is 0 Å². The number of H-pyrrole nitrogens is 1. The first-order valence-corrected chi connectivity index (χ1v) is 10.1. The number of fused-ring (bicyclic) bond motifs is 3. The Balaban J connectivity index is 1.53. The number of aromatic amines is 1. The fourth-order valence-corrected chi connectivity index (χ4v) is 4.07. The van der Waals surface area contributed by atoms with Gasteiger partial charge in [0.15, 0.2) is 0 Å². The Morgan fingerprint density at radius 2 is 2.13 bits per heavy atom. The topological polar surface area (TPSA) is 100 Å². The Kier molecular flexibility index (Phi) is 4.56. The van der Waals surface area contributed by atoms with Gasteiger partial charge < -0.3 is 20.0 Å². The van der Waals surface area contributed by atoms with Crippen LogP contribution >= 0.6 is 11.6 Å². The summed E-state index contributed by atoms with van der Waals surface area (Å²) in [5.41, 5.74) is 3.14. The predicted octanol–water partition coefficient (Wildman–Crippen LogP) is 3.85. The van der Waals surface area contributed by atoms with E-state index in [0.717, 1.165) is 23.9 Å². The van der Waals surface area contributed by atoms with Crippen LogP contribution in [0.4, 0.5) is 5.69 Å². The lowest BCUT2D eigenvalue weighted by Gasteiger charge is -2.11. The molecular formula is C22H19ClN4O3. The van der Waals surface area contributed by atoms with Crippen LogP contribution in [0, 0.1) is 12.8 Å². The summed E-state index contributed by atoms with van der Waals surface area (Å²) >= 11 is 6.48. The molecule has 4 aromatic rings. The number of nitrogens with one attached hydrogen (secondary N) is 3. The molecule has 8 heteroatoms. The number of carbonyl (C=O) groups is 1. The molecule has 1 unspecified atom stereocenters. The highest BCUT2D eigenvalue weighted by atomic mass is 35.5. The molecule has 3 N–H and O–H groups in total. The largest absolute Gasteiger partial charge is 0.449 e. The van der Waals surface area contributed by atoms with Gasteiger partial charge in [0.05, 0.1) is 10.9 Å². The van der Waals surface area contributed by atoms with Crippen LogP contribution in [0.1, 0.15) is 12.0 Å². The second-order valence-corrected chi connectivity index (χ2v) is 7.97. The Hall–Kier alpha value is -3.16. The van der Waals surface area contributed by atoms with Crippen molar-refractivity contribution in [2.24, 2.45) is 5.92 Å². The lowest BCUT2D eigenvalue weighted by molar-refractivity contribution is -0.119. The van der Waals surface area contributed by atoms with Crippen LogP contribution in [0.3, 0.4) is 0 Å². The summed E-state index contributed by atoms with van der Waals surface area (Å²) in [6.07, 6.45) is 0.820. The number of benzene rings is 2. The van der Waals surface area contributed by atoms with Gasteiger partial charge in [-0.2, -0.15) is 0 Å². The summed E-state index contributed by atoms with van der Waals surface area (Å²) in [7, 11) is 0. The van der Waals surface area contributed by atoms with E-state index in [2.05, 4.69) is 20.6 Å². The van der Waals surface area contributed by atoms with E-state index in [-0.39, 0.29) is 23.0 Å². The maximum atomic E-state index is 12.6. The number of aromatic nitrogens is 2. The Labute approximate surface area is 176 Å². The number of hydrogen-bond acceptors (Lipinski definition) is 5. The first-order chi connectivity index (χ1) is 14.5. The molecule has 7 nitrogen and oxygen atoms in total. The van der Waals surface area contributed by atoms with Crippen molar-refractivity contribution >= 4 is 45.3 Å². The van der Waals surface area contributed by atoms with Gasteiger partial charge in [-0.25, -0.2) is 4.98 Å². The molecule has 1 amide bonds. The first-order valence-electron chi connectivity index (χ1n) is 9.74. The van der Waals surface area contributed by atoms with Gasteiger partial charge in [-0.3, -0.25) is 9.59 Å². The van der Waals surface area contributed by atoms with Crippen molar-refractivity contribution in [2.75, 3.05) is 18.4 Å². The molecule has 1 saturated heterocycles. The van der Waals surface area contributed by atoms with E-state index in [4.69, 9.17) is 16.0 Å². The maximum absolute atomic E-state index is 12.6. The van der Waals surface area contributed by atoms with Crippen molar-refractivity contribution < 1.29 is 9.21 Å².